The Morgan fingerprint density at radius 3 is 2.66 bits per heavy atom. The molecule has 1 aliphatic heterocycles. The van der Waals surface area contributed by atoms with Crippen LogP contribution in [0.5, 0.6) is 0 Å². The van der Waals surface area contributed by atoms with Crippen LogP contribution in [0.3, 0.4) is 0 Å². The molecule has 0 bridgehead atoms. The van der Waals surface area contributed by atoms with Crippen LogP contribution in [0.4, 0.5) is 9.18 Å². The van der Waals surface area contributed by atoms with E-state index < -0.39 is 11.4 Å². The van der Waals surface area contributed by atoms with E-state index in [1.54, 1.807) is 29.3 Å². The zero-order chi connectivity index (χ0) is 32.6. The Morgan fingerprint density at radius 2 is 2.07 bits per heavy atom. The molecule has 7 nitrogen and oxygen atoms in total. The number of aromatic nitrogens is 1. The van der Waals surface area contributed by atoms with Gasteiger partial charge >= 0.3 is 6.09 Å². The molecule has 0 N–H and O–H groups in total. The van der Waals surface area contributed by atoms with Gasteiger partial charge in [-0.2, -0.15) is 5.26 Å². The molecule has 1 aromatic rings. The van der Waals surface area contributed by atoms with Crippen LogP contribution in [0, 0.1) is 17.1 Å². The van der Waals surface area contributed by atoms with Gasteiger partial charge in [-0.1, -0.05) is 25.3 Å². The second-order valence-corrected chi connectivity index (χ2v) is 11.8. The van der Waals surface area contributed by atoms with Crippen molar-refractivity contribution < 1.29 is 13.9 Å². The van der Waals surface area contributed by atoms with Gasteiger partial charge in [-0.3, -0.25) is 9.98 Å². The smallest absolute Gasteiger partial charge is 0.410 e. The minimum absolute atomic E-state index is 0.0674. The number of amides is 1. The molecule has 2 aliphatic rings. The van der Waals surface area contributed by atoms with Gasteiger partial charge in [-0.05, 0) is 83.4 Å². The third-order valence-electron chi connectivity index (χ3n) is 7.26. The lowest BCUT2D eigenvalue weighted by Gasteiger charge is -2.42. The molecule has 1 amide bonds. The summed E-state index contributed by atoms with van der Waals surface area (Å²) >= 11 is 0. The maximum atomic E-state index is 15.3. The van der Waals surface area contributed by atoms with Crippen LogP contribution in [0.2, 0.25) is 0 Å². The summed E-state index contributed by atoms with van der Waals surface area (Å²) in [6.45, 7) is 23.0. The molecule has 8 heteroatoms. The summed E-state index contributed by atoms with van der Waals surface area (Å²) in [5.41, 5.74) is 8.74. The fraction of sp³-hybridized carbons (Fsp3) is 0.361. The largest absolute Gasteiger partial charge is 0.444 e. The molecule has 3 rings (SSSR count). The second kappa shape index (κ2) is 14.6. The second-order valence-electron chi connectivity index (χ2n) is 11.8. The van der Waals surface area contributed by atoms with Crippen molar-refractivity contribution in [3.63, 3.8) is 0 Å². The lowest BCUT2D eigenvalue weighted by molar-refractivity contribution is 0.0101. The van der Waals surface area contributed by atoms with Crippen LogP contribution in [-0.2, 0) is 4.74 Å². The van der Waals surface area contributed by atoms with Crippen molar-refractivity contribution in [2.75, 3.05) is 19.6 Å². The summed E-state index contributed by atoms with van der Waals surface area (Å²) in [6.07, 6.45) is 11.4. The third kappa shape index (κ3) is 8.43. The molecule has 0 aromatic carbocycles. The zero-order valence-electron chi connectivity index (χ0n) is 26.9. The van der Waals surface area contributed by atoms with E-state index in [1.807, 2.05) is 60.6 Å². The molecule has 1 atom stereocenters. The van der Waals surface area contributed by atoms with Gasteiger partial charge in [0.25, 0.3) is 0 Å². The fourth-order valence-corrected chi connectivity index (χ4v) is 5.25. The number of piperazine rings is 1. The van der Waals surface area contributed by atoms with Crippen molar-refractivity contribution in [2.24, 2.45) is 4.99 Å². The van der Waals surface area contributed by atoms with Gasteiger partial charge in [-0.25, -0.2) is 9.18 Å². The van der Waals surface area contributed by atoms with Gasteiger partial charge in [-0.15, -0.1) is 5.73 Å². The summed E-state index contributed by atoms with van der Waals surface area (Å²) in [7, 11) is 0. The number of allylic oxidation sites excluding steroid dienone is 10. The van der Waals surface area contributed by atoms with Crippen LogP contribution >= 0.6 is 0 Å². The minimum atomic E-state index is -0.589. The van der Waals surface area contributed by atoms with E-state index in [1.165, 1.54) is 12.4 Å². The number of rotatable bonds is 8. The topological polar surface area (TPSA) is 81.8 Å². The number of hydrogen-bond acceptors (Lipinski definition) is 6. The fourth-order valence-electron chi connectivity index (χ4n) is 5.25. The van der Waals surface area contributed by atoms with Crippen molar-refractivity contribution in [2.45, 2.75) is 66.5 Å². The number of nitriles is 1. The van der Waals surface area contributed by atoms with Gasteiger partial charge in [0.1, 0.15) is 11.4 Å². The summed E-state index contributed by atoms with van der Waals surface area (Å²) in [6, 6.07) is 3.78. The average Bonchev–Trinajstić information content (AvgIpc) is 3.16. The van der Waals surface area contributed by atoms with Crippen molar-refractivity contribution in [3.05, 3.63) is 113 Å². The Bertz CT molecular complexity index is 1590. The highest BCUT2D eigenvalue weighted by Gasteiger charge is 2.32. The standard InChI is InChI=1S/C36H42FN5O2/c1-10-30(31-14-15-39-22-32(31)37)34(27(6)42-17-16-41(23-26(42)5)35(43)44-36(7,8)9)33(40-11-2)19-25(4)29-18-24(3)12-13-28(20-29)21-38/h10-15,20,22,26H,2,4,16-17,19,23H2,1,3,5-9H3/b30-10-,34-27+,40-33?/t26-/m0/s1. The van der Waals surface area contributed by atoms with Crippen molar-refractivity contribution in [3.8, 4) is 6.07 Å². The molecular weight excluding hydrogens is 553 g/mol. The Morgan fingerprint density at radius 1 is 1.34 bits per heavy atom. The predicted molar refractivity (Wildman–Crippen MR) is 175 cm³/mol. The van der Waals surface area contributed by atoms with Crippen molar-refractivity contribution in [1.82, 2.24) is 14.8 Å². The quantitative estimate of drug-likeness (QED) is 0.174. The van der Waals surface area contributed by atoms with Crippen LogP contribution in [0.25, 0.3) is 5.57 Å². The maximum absolute atomic E-state index is 15.3. The van der Waals surface area contributed by atoms with E-state index in [9.17, 15) is 10.1 Å². The van der Waals surface area contributed by atoms with Gasteiger partial charge in [0.2, 0.25) is 0 Å². The molecular formula is C36H42FN5O2. The first-order valence-corrected chi connectivity index (χ1v) is 14.6. The number of carbonyl (C=O) groups is 1. The van der Waals surface area contributed by atoms with E-state index in [-0.39, 0.29) is 12.1 Å². The van der Waals surface area contributed by atoms with Gasteiger partial charge in [0.15, 0.2) is 0 Å². The van der Waals surface area contributed by atoms with Crippen LogP contribution in [0.1, 0.15) is 60.5 Å². The van der Waals surface area contributed by atoms with Crippen LogP contribution < -0.4 is 0 Å². The summed E-state index contributed by atoms with van der Waals surface area (Å²) < 4.78 is 20.9. The van der Waals surface area contributed by atoms with Crippen LogP contribution in [0.15, 0.2) is 106 Å². The first kappa shape index (κ1) is 33.8. The van der Waals surface area contributed by atoms with Gasteiger partial charge in [0.05, 0.1) is 23.6 Å². The zero-order valence-corrected chi connectivity index (χ0v) is 26.9. The van der Waals surface area contributed by atoms with E-state index >= 15 is 4.39 Å². The molecule has 1 fully saturated rings. The molecule has 1 aromatic heterocycles. The van der Waals surface area contributed by atoms with Crippen molar-refractivity contribution in [1.29, 1.82) is 5.26 Å². The summed E-state index contributed by atoms with van der Waals surface area (Å²) in [5.74, 6) is -0.455. The molecule has 230 valence electrons. The van der Waals surface area contributed by atoms with E-state index in [4.69, 9.17) is 9.73 Å². The number of halogens is 1. The molecule has 0 radical (unpaired) electrons. The Balaban J connectivity index is 2.12. The average molecular weight is 596 g/mol. The Labute approximate surface area is 261 Å². The van der Waals surface area contributed by atoms with E-state index in [0.717, 1.165) is 16.8 Å². The van der Waals surface area contributed by atoms with Crippen molar-refractivity contribution >= 4 is 17.4 Å². The number of hydrogen-bond donors (Lipinski definition) is 0. The first-order valence-electron chi connectivity index (χ1n) is 14.6. The summed E-state index contributed by atoms with van der Waals surface area (Å²) in [5, 5.41) is 9.58. The normalized spacial score (nSPS) is 18.3. The lowest BCUT2D eigenvalue weighted by atomic mass is 9.88. The molecule has 1 aliphatic carbocycles. The Kier molecular flexibility index (Phi) is 11.2. The molecule has 0 unspecified atom stereocenters. The molecule has 44 heavy (non-hydrogen) atoms. The number of aliphatic imine (C=N–C) groups is 1. The highest BCUT2D eigenvalue weighted by atomic mass is 19.1. The monoisotopic (exact) mass is 595 g/mol. The maximum Gasteiger partial charge on any atom is 0.410 e. The number of carbonyl (C=O) groups excluding carboxylic acids is 1. The third-order valence-corrected chi connectivity index (χ3v) is 7.26. The van der Waals surface area contributed by atoms with Crippen LogP contribution in [-0.4, -0.2) is 57.9 Å². The summed E-state index contributed by atoms with van der Waals surface area (Å²) in [4.78, 5) is 25.4. The molecule has 0 spiro atoms. The number of pyridine rings is 1. The molecule has 1 saturated heterocycles. The van der Waals surface area contributed by atoms with E-state index in [0.29, 0.717) is 59.6 Å². The SMILES string of the molecule is C=CN=C(CC(=C)C1=C=C(C)C=CC(C#N)=C1)C(/C(=C\C)c1ccncc1F)=C(\C)N1CCN(C(=O)OC(C)(C)C)C[C@@H]1C. The highest BCUT2D eigenvalue weighted by Crippen LogP contribution is 2.34. The number of nitrogens with zero attached hydrogens (tertiary/aromatic N) is 5. The molecule has 2 heterocycles. The first-order chi connectivity index (χ1) is 20.8. The van der Waals surface area contributed by atoms with Gasteiger partial charge in [0, 0.05) is 66.9 Å². The number of ether oxygens (including phenoxy) is 1. The predicted octanol–water partition coefficient (Wildman–Crippen LogP) is 7.86. The van der Waals surface area contributed by atoms with Gasteiger partial charge < -0.3 is 14.5 Å². The lowest BCUT2D eigenvalue weighted by Crippen LogP contribution is -2.54. The molecule has 0 saturated carbocycles. The highest BCUT2D eigenvalue weighted by molar-refractivity contribution is 6.15. The van der Waals surface area contributed by atoms with E-state index in [2.05, 4.69) is 34.8 Å². The minimum Gasteiger partial charge on any atom is -0.444 e. The Hall–Kier alpha value is -4.73.